The number of hydrogen-bond donors (Lipinski definition) is 2. The van der Waals surface area contributed by atoms with Crippen molar-refractivity contribution in [3.63, 3.8) is 0 Å². The second kappa shape index (κ2) is 13.9. The minimum absolute atomic E-state index is 0.00421. The highest BCUT2D eigenvalue weighted by Crippen LogP contribution is 2.34. The lowest BCUT2D eigenvalue weighted by atomic mass is 9.94. The topological polar surface area (TPSA) is 122 Å². The average Bonchev–Trinajstić information content (AvgIpc) is 3.42. The Morgan fingerprint density at radius 3 is 2.35 bits per heavy atom. The van der Waals surface area contributed by atoms with Gasteiger partial charge in [0.05, 0.1) is 18.0 Å². The van der Waals surface area contributed by atoms with Crippen LogP contribution in [0, 0.1) is 19.8 Å². The molecule has 0 spiro atoms. The maximum absolute atomic E-state index is 14.1. The number of amides is 1. The van der Waals surface area contributed by atoms with Gasteiger partial charge in [-0.1, -0.05) is 32.0 Å². The van der Waals surface area contributed by atoms with Crippen LogP contribution >= 0.6 is 0 Å². The number of rotatable bonds is 12. The molecule has 0 radical (unpaired) electrons. The molecular formula is C33H39F3N6O4. The number of halogens is 3. The highest BCUT2D eigenvalue weighted by Gasteiger charge is 2.36. The number of carboxylic acid groups (broad SMARTS) is 1. The van der Waals surface area contributed by atoms with E-state index in [1.54, 1.807) is 29.5 Å². The minimum Gasteiger partial charge on any atom is -0.481 e. The molecule has 0 aliphatic rings. The molecule has 3 aromatic heterocycles. The molecular weight excluding hydrogens is 601 g/mol. The number of aryl methyl sites for hydroxylation is 2. The van der Waals surface area contributed by atoms with Gasteiger partial charge in [0, 0.05) is 30.6 Å². The van der Waals surface area contributed by atoms with Gasteiger partial charge in [0.1, 0.15) is 12.4 Å². The first kappa shape index (κ1) is 34.4. The van der Waals surface area contributed by atoms with E-state index in [-0.39, 0.29) is 30.9 Å². The third-order valence-corrected chi connectivity index (χ3v) is 7.89. The van der Waals surface area contributed by atoms with Crippen LogP contribution in [0.15, 0.2) is 53.8 Å². The molecule has 46 heavy (non-hydrogen) atoms. The fraction of sp³-hybridized carbons (Fsp3) is 0.424. The Kier molecular flexibility index (Phi) is 10.3. The van der Waals surface area contributed by atoms with Gasteiger partial charge in [-0.05, 0) is 80.6 Å². The lowest BCUT2D eigenvalue weighted by Gasteiger charge is -2.26. The highest BCUT2D eigenvalue weighted by atomic mass is 19.4. The first-order chi connectivity index (χ1) is 21.6. The quantitative estimate of drug-likeness (QED) is 0.218. The standard InChI is InChI=1S/C33H39F3N6O4/c1-19(2)12-27(42-17-22(10-11-40(5)6)25(14-28(42)43)33(34,35)36)32(46)38-26(15-29(44)45)24-13-23(16-41-18-37-39-31(24)41)30-20(3)8-7-9-21(30)4/h7-9,13-14,16-19,26-27H,10-12,15H2,1-6H3,(H,38,46)(H,44,45)/t26-,27-/m0/s1. The number of aromatic nitrogens is 4. The molecule has 2 atom stereocenters. The Balaban J connectivity index is 1.82. The molecule has 1 amide bonds. The van der Waals surface area contributed by atoms with E-state index in [2.05, 4.69) is 15.5 Å². The number of fused-ring (bicyclic) bond motifs is 1. The number of carbonyl (C=O) groups excluding carboxylic acids is 1. The normalized spacial score (nSPS) is 13.4. The summed E-state index contributed by atoms with van der Waals surface area (Å²) in [5.41, 5.74) is 2.25. The van der Waals surface area contributed by atoms with E-state index < -0.39 is 47.7 Å². The van der Waals surface area contributed by atoms with Crippen molar-refractivity contribution in [2.45, 2.75) is 65.2 Å². The lowest BCUT2D eigenvalue weighted by molar-refractivity contribution is -0.139. The van der Waals surface area contributed by atoms with Crippen LogP contribution in [0.4, 0.5) is 13.2 Å². The number of carbonyl (C=O) groups is 2. The fourth-order valence-electron chi connectivity index (χ4n) is 5.74. The monoisotopic (exact) mass is 640 g/mol. The van der Waals surface area contributed by atoms with Crippen molar-refractivity contribution >= 4 is 17.5 Å². The number of nitrogens with zero attached hydrogens (tertiary/aromatic N) is 5. The summed E-state index contributed by atoms with van der Waals surface area (Å²) in [6.45, 7) is 7.85. The summed E-state index contributed by atoms with van der Waals surface area (Å²) >= 11 is 0. The molecule has 13 heteroatoms. The zero-order valence-corrected chi connectivity index (χ0v) is 26.7. The van der Waals surface area contributed by atoms with Crippen LogP contribution in [-0.4, -0.2) is 61.7 Å². The van der Waals surface area contributed by atoms with E-state index in [4.69, 9.17) is 0 Å². The maximum atomic E-state index is 14.1. The Morgan fingerprint density at radius 2 is 1.76 bits per heavy atom. The molecule has 2 N–H and O–H groups in total. The molecule has 0 aliphatic carbocycles. The molecule has 0 saturated heterocycles. The molecule has 0 bridgehead atoms. The minimum atomic E-state index is -4.76. The van der Waals surface area contributed by atoms with Gasteiger partial charge >= 0.3 is 12.1 Å². The Labute approximate surface area is 264 Å². The number of nitrogens with one attached hydrogen (secondary N) is 1. The molecule has 4 aromatic rings. The van der Waals surface area contributed by atoms with Gasteiger partial charge in [0.25, 0.3) is 5.56 Å². The number of benzene rings is 1. The van der Waals surface area contributed by atoms with E-state index in [1.165, 1.54) is 6.33 Å². The molecule has 4 rings (SSSR count). The van der Waals surface area contributed by atoms with E-state index in [0.29, 0.717) is 17.3 Å². The van der Waals surface area contributed by atoms with Gasteiger partial charge in [0.15, 0.2) is 5.65 Å². The van der Waals surface area contributed by atoms with E-state index in [0.717, 1.165) is 33.0 Å². The second-order valence-electron chi connectivity index (χ2n) is 12.3. The van der Waals surface area contributed by atoms with E-state index in [9.17, 15) is 32.7 Å². The second-order valence-corrected chi connectivity index (χ2v) is 12.3. The van der Waals surface area contributed by atoms with Crippen molar-refractivity contribution in [1.29, 1.82) is 0 Å². The van der Waals surface area contributed by atoms with Crippen LogP contribution in [0.1, 0.15) is 66.6 Å². The zero-order valence-electron chi connectivity index (χ0n) is 26.7. The predicted molar refractivity (Wildman–Crippen MR) is 167 cm³/mol. The van der Waals surface area contributed by atoms with Crippen LogP contribution in [-0.2, 0) is 22.2 Å². The number of alkyl halides is 3. The molecule has 10 nitrogen and oxygen atoms in total. The van der Waals surface area contributed by atoms with Gasteiger partial charge in [-0.3, -0.25) is 18.8 Å². The molecule has 3 heterocycles. The van der Waals surface area contributed by atoms with E-state index >= 15 is 0 Å². The average molecular weight is 641 g/mol. The van der Waals surface area contributed by atoms with Crippen molar-refractivity contribution < 1.29 is 27.9 Å². The van der Waals surface area contributed by atoms with Gasteiger partial charge in [-0.25, -0.2) is 0 Å². The number of aliphatic carboxylic acids is 1. The smallest absolute Gasteiger partial charge is 0.416 e. The van der Waals surface area contributed by atoms with Crippen LogP contribution in [0.5, 0.6) is 0 Å². The molecule has 0 aliphatic heterocycles. The lowest BCUT2D eigenvalue weighted by Crippen LogP contribution is -2.40. The zero-order chi connectivity index (χ0) is 33.9. The third kappa shape index (κ3) is 7.82. The summed E-state index contributed by atoms with van der Waals surface area (Å²) in [6.07, 6.45) is -0.740. The van der Waals surface area contributed by atoms with E-state index in [1.807, 2.05) is 52.1 Å². The van der Waals surface area contributed by atoms with Crippen LogP contribution in [0.25, 0.3) is 16.8 Å². The SMILES string of the molecule is Cc1cccc(C)c1-c1cc([C@H](CC(=O)O)NC(=O)[C@H](CC(C)C)n2cc(CCN(C)C)c(C(F)(F)F)cc2=O)c2nncn2c1. The summed E-state index contributed by atoms with van der Waals surface area (Å²) in [4.78, 5) is 41.1. The van der Waals surface area contributed by atoms with Gasteiger partial charge in [-0.2, -0.15) is 13.2 Å². The number of carboxylic acids is 1. The number of pyridine rings is 2. The Bertz CT molecular complexity index is 1770. The summed E-state index contributed by atoms with van der Waals surface area (Å²) in [6, 6.07) is 5.85. The summed E-state index contributed by atoms with van der Waals surface area (Å²) in [7, 11) is 3.45. The molecule has 0 saturated carbocycles. The van der Waals surface area contributed by atoms with Crippen LogP contribution < -0.4 is 10.9 Å². The van der Waals surface area contributed by atoms with Crippen molar-refractivity contribution in [2.24, 2.45) is 5.92 Å². The van der Waals surface area contributed by atoms with Gasteiger partial charge in [-0.15, -0.1) is 10.2 Å². The maximum Gasteiger partial charge on any atom is 0.416 e. The van der Waals surface area contributed by atoms with Gasteiger partial charge < -0.3 is 19.9 Å². The Hall–Kier alpha value is -4.52. The molecule has 1 aromatic carbocycles. The third-order valence-electron chi connectivity index (χ3n) is 7.89. The van der Waals surface area contributed by atoms with Crippen LogP contribution in [0.3, 0.4) is 0 Å². The van der Waals surface area contributed by atoms with Crippen molar-refractivity contribution in [3.05, 3.63) is 87.2 Å². The van der Waals surface area contributed by atoms with Crippen molar-refractivity contribution in [3.8, 4) is 11.1 Å². The summed E-state index contributed by atoms with van der Waals surface area (Å²) in [5.74, 6) is -2.03. The molecule has 246 valence electrons. The summed E-state index contributed by atoms with van der Waals surface area (Å²) in [5, 5.41) is 20.9. The Morgan fingerprint density at radius 1 is 1.09 bits per heavy atom. The first-order valence-corrected chi connectivity index (χ1v) is 15.0. The fourth-order valence-corrected chi connectivity index (χ4v) is 5.74. The number of likely N-dealkylation sites (N-methyl/N-ethyl adjacent to an activating group) is 1. The summed E-state index contributed by atoms with van der Waals surface area (Å²) < 4.78 is 44.5. The van der Waals surface area contributed by atoms with Crippen molar-refractivity contribution in [1.82, 2.24) is 29.4 Å². The highest BCUT2D eigenvalue weighted by molar-refractivity contribution is 5.82. The molecule has 0 fully saturated rings. The van der Waals surface area contributed by atoms with Crippen molar-refractivity contribution in [2.75, 3.05) is 20.6 Å². The largest absolute Gasteiger partial charge is 0.481 e. The van der Waals surface area contributed by atoms with Gasteiger partial charge in [0.2, 0.25) is 5.91 Å². The predicted octanol–water partition coefficient (Wildman–Crippen LogP) is 5.22. The first-order valence-electron chi connectivity index (χ1n) is 15.0. The number of hydrogen-bond acceptors (Lipinski definition) is 6. The van der Waals surface area contributed by atoms with Crippen LogP contribution in [0.2, 0.25) is 0 Å². The molecule has 0 unspecified atom stereocenters.